The van der Waals surface area contributed by atoms with Gasteiger partial charge in [-0.15, -0.1) is 0 Å². The summed E-state index contributed by atoms with van der Waals surface area (Å²) in [5.41, 5.74) is 2.66. The summed E-state index contributed by atoms with van der Waals surface area (Å²) in [5, 5.41) is 14.0. The van der Waals surface area contributed by atoms with Gasteiger partial charge in [0.05, 0.1) is 6.54 Å². The Morgan fingerprint density at radius 3 is 2.28 bits per heavy atom. The van der Waals surface area contributed by atoms with E-state index >= 15 is 0 Å². The second-order valence-electron chi connectivity index (χ2n) is 9.63. The number of carbonyl (C=O) groups excluding carboxylic acids is 1. The Labute approximate surface area is 222 Å². The van der Waals surface area contributed by atoms with Crippen LogP contribution in [-0.4, -0.2) is 47.5 Å². The van der Waals surface area contributed by atoms with Crippen LogP contribution in [0.5, 0.6) is 5.75 Å². The number of nitrogens with zero attached hydrogens (tertiary/aromatic N) is 1. The molecule has 1 atom stereocenters. The van der Waals surface area contributed by atoms with Crippen LogP contribution in [0.1, 0.15) is 31.9 Å². The summed E-state index contributed by atoms with van der Waals surface area (Å²) in [7, 11) is 0. The van der Waals surface area contributed by atoms with Crippen LogP contribution in [-0.2, 0) is 17.7 Å². The molecular weight excluding hydrogens is 520 g/mol. The molecule has 0 spiro atoms. The number of aliphatic hydroxyl groups is 1. The van der Waals surface area contributed by atoms with Crippen LogP contribution in [0.25, 0.3) is 0 Å². The van der Waals surface area contributed by atoms with Gasteiger partial charge in [0.2, 0.25) is 0 Å². The molecule has 0 fully saturated rings. The molecule has 3 aromatic carbocycles. The van der Waals surface area contributed by atoms with Gasteiger partial charge in [-0.3, -0.25) is 0 Å². The van der Waals surface area contributed by atoms with Crippen molar-refractivity contribution in [3.63, 3.8) is 0 Å². The summed E-state index contributed by atoms with van der Waals surface area (Å²) < 4.78 is 12.4. The largest absolute Gasteiger partial charge is 0.491 e. The van der Waals surface area contributed by atoms with E-state index in [1.165, 1.54) is 5.56 Å². The lowest BCUT2D eigenvalue weighted by Crippen LogP contribution is -2.43. The summed E-state index contributed by atoms with van der Waals surface area (Å²) >= 11 is 3.45. The van der Waals surface area contributed by atoms with Gasteiger partial charge in [0, 0.05) is 23.2 Å². The third kappa shape index (κ3) is 9.91. The number of hydrogen-bond donors (Lipinski definition) is 2. The fourth-order valence-electron chi connectivity index (χ4n) is 3.47. The van der Waals surface area contributed by atoms with Crippen LogP contribution < -0.4 is 10.1 Å². The van der Waals surface area contributed by atoms with E-state index in [2.05, 4.69) is 33.4 Å². The number of amides is 1. The van der Waals surface area contributed by atoms with E-state index in [1.54, 1.807) is 4.90 Å². The molecule has 3 aromatic rings. The van der Waals surface area contributed by atoms with E-state index in [-0.39, 0.29) is 13.2 Å². The molecule has 0 saturated heterocycles. The van der Waals surface area contributed by atoms with Crippen molar-refractivity contribution in [2.24, 2.45) is 0 Å². The van der Waals surface area contributed by atoms with E-state index in [4.69, 9.17) is 9.47 Å². The van der Waals surface area contributed by atoms with Crippen LogP contribution in [0, 0.1) is 0 Å². The van der Waals surface area contributed by atoms with Crippen molar-refractivity contribution in [1.29, 1.82) is 0 Å². The fraction of sp³-hybridized carbons (Fsp3) is 0.345. The Bertz CT molecular complexity index is 1070. The molecule has 36 heavy (non-hydrogen) atoms. The van der Waals surface area contributed by atoms with Crippen molar-refractivity contribution in [1.82, 2.24) is 4.90 Å². The van der Waals surface area contributed by atoms with E-state index in [1.807, 2.05) is 87.5 Å². The van der Waals surface area contributed by atoms with Crippen molar-refractivity contribution < 1.29 is 19.4 Å². The zero-order chi connectivity index (χ0) is 26.0. The van der Waals surface area contributed by atoms with Gasteiger partial charge in [-0.05, 0) is 74.7 Å². The third-order valence-corrected chi connectivity index (χ3v) is 5.83. The van der Waals surface area contributed by atoms with Gasteiger partial charge in [-0.1, -0.05) is 58.4 Å². The monoisotopic (exact) mass is 554 g/mol. The SMILES string of the molecule is CC(C)(C)OC(=O)N(CCc1ccccc1)C[C@H](O)COc1ccc(NCc2ccc(Br)cc2)cc1. The standard InChI is InChI=1S/C29H35BrN2O4/c1-29(2,3)36-28(34)32(18-17-22-7-5-4-6-8-22)20-26(33)21-35-27-15-13-25(14-16-27)31-19-23-9-11-24(30)12-10-23/h4-16,26,31,33H,17-21H2,1-3H3/t26-/m0/s1. The van der Waals surface area contributed by atoms with Gasteiger partial charge >= 0.3 is 6.09 Å². The van der Waals surface area contributed by atoms with E-state index in [0.29, 0.717) is 18.7 Å². The summed E-state index contributed by atoms with van der Waals surface area (Å²) in [6, 6.07) is 25.7. The summed E-state index contributed by atoms with van der Waals surface area (Å²) in [4.78, 5) is 14.3. The van der Waals surface area contributed by atoms with Gasteiger partial charge in [-0.25, -0.2) is 4.79 Å². The van der Waals surface area contributed by atoms with E-state index in [9.17, 15) is 9.90 Å². The van der Waals surface area contributed by atoms with Crippen molar-refractivity contribution in [2.75, 3.05) is 25.0 Å². The highest BCUT2D eigenvalue weighted by atomic mass is 79.9. The average Bonchev–Trinajstić information content (AvgIpc) is 2.85. The Balaban J connectivity index is 1.49. The molecule has 0 unspecified atom stereocenters. The number of carbonyl (C=O) groups is 1. The average molecular weight is 556 g/mol. The molecule has 1 amide bonds. The van der Waals surface area contributed by atoms with E-state index in [0.717, 1.165) is 22.3 Å². The quantitative estimate of drug-likeness (QED) is 0.292. The lowest BCUT2D eigenvalue weighted by atomic mass is 10.1. The van der Waals surface area contributed by atoms with E-state index < -0.39 is 17.8 Å². The van der Waals surface area contributed by atoms with Crippen LogP contribution in [0.2, 0.25) is 0 Å². The summed E-state index contributed by atoms with van der Waals surface area (Å²) in [6.07, 6.45) is -0.635. The minimum atomic E-state index is -0.858. The molecule has 7 heteroatoms. The first-order valence-corrected chi connectivity index (χ1v) is 12.9. The molecule has 0 radical (unpaired) electrons. The zero-order valence-corrected chi connectivity index (χ0v) is 22.7. The number of nitrogens with one attached hydrogen (secondary N) is 1. The molecule has 2 N–H and O–H groups in total. The first-order valence-electron chi connectivity index (χ1n) is 12.1. The Morgan fingerprint density at radius 2 is 1.64 bits per heavy atom. The molecule has 3 rings (SSSR count). The summed E-state index contributed by atoms with van der Waals surface area (Å²) in [6.45, 7) is 6.83. The number of anilines is 1. The zero-order valence-electron chi connectivity index (χ0n) is 21.1. The molecular formula is C29H35BrN2O4. The first-order chi connectivity index (χ1) is 17.2. The van der Waals surface area contributed by atoms with Gasteiger partial charge in [0.15, 0.2) is 0 Å². The lowest BCUT2D eigenvalue weighted by molar-refractivity contribution is 0.00945. The lowest BCUT2D eigenvalue weighted by Gasteiger charge is -2.29. The molecule has 6 nitrogen and oxygen atoms in total. The van der Waals surface area contributed by atoms with Crippen LogP contribution >= 0.6 is 15.9 Å². The maximum Gasteiger partial charge on any atom is 0.410 e. The van der Waals surface area contributed by atoms with Crippen LogP contribution in [0.4, 0.5) is 10.5 Å². The van der Waals surface area contributed by atoms with Crippen molar-refractivity contribution >= 4 is 27.7 Å². The van der Waals surface area contributed by atoms with Crippen molar-refractivity contribution in [3.8, 4) is 5.75 Å². The molecule has 192 valence electrons. The van der Waals surface area contributed by atoms with Crippen LogP contribution in [0.15, 0.2) is 83.3 Å². The Kier molecular flexibility index (Phi) is 10.2. The van der Waals surface area contributed by atoms with Gasteiger partial charge < -0.3 is 24.8 Å². The third-order valence-electron chi connectivity index (χ3n) is 5.30. The molecule has 0 aromatic heterocycles. The maximum absolute atomic E-state index is 12.8. The molecule has 0 aliphatic heterocycles. The predicted octanol–water partition coefficient (Wildman–Crippen LogP) is 6.28. The number of benzene rings is 3. The minimum absolute atomic E-state index is 0.0658. The van der Waals surface area contributed by atoms with Crippen LogP contribution in [0.3, 0.4) is 0 Å². The highest BCUT2D eigenvalue weighted by molar-refractivity contribution is 9.10. The normalized spacial score (nSPS) is 12.0. The van der Waals surface area contributed by atoms with Gasteiger partial charge in [0.25, 0.3) is 0 Å². The highest BCUT2D eigenvalue weighted by Crippen LogP contribution is 2.18. The van der Waals surface area contributed by atoms with Crippen molar-refractivity contribution in [3.05, 3.63) is 94.5 Å². The summed E-state index contributed by atoms with van der Waals surface area (Å²) in [5.74, 6) is 0.649. The number of halogens is 1. The number of rotatable bonds is 11. The second-order valence-corrected chi connectivity index (χ2v) is 10.5. The molecule has 0 bridgehead atoms. The van der Waals surface area contributed by atoms with Gasteiger partial charge in [0.1, 0.15) is 24.1 Å². The highest BCUT2D eigenvalue weighted by Gasteiger charge is 2.24. The smallest absolute Gasteiger partial charge is 0.410 e. The number of aliphatic hydroxyl groups excluding tert-OH is 1. The fourth-order valence-corrected chi connectivity index (χ4v) is 3.73. The molecule has 0 saturated carbocycles. The number of hydrogen-bond acceptors (Lipinski definition) is 5. The topological polar surface area (TPSA) is 71.0 Å². The maximum atomic E-state index is 12.8. The predicted molar refractivity (Wildman–Crippen MR) is 147 cm³/mol. The Morgan fingerprint density at radius 1 is 0.972 bits per heavy atom. The Hall–Kier alpha value is -3.03. The second kappa shape index (κ2) is 13.3. The molecule has 0 heterocycles. The number of ether oxygens (including phenoxy) is 2. The molecule has 0 aliphatic rings. The minimum Gasteiger partial charge on any atom is -0.491 e. The van der Waals surface area contributed by atoms with Gasteiger partial charge in [-0.2, -0.15) is 0 Å². The van der Waals surface area contributed by atoms with Crippen molar-refractivity contribution in [2.45, 2.75) is 45.4 Å². The first kappa shape index (κ1) is 27.6. The molecule has 0 aliphatic carbocycles.